The van der Waals surface area contributed by atoms with Gasteiger partial charge in [-0.1, -0.05) is 32.0 Å². The maximum absolute atomic E-state index is 11.6. The number of para-hydroxylation sites is 1. The van der Waals surface area contributed by atoms with E-state index in [1.54, 1.807) is 0 Å². The average Bonchev–Trinajstić information content (AvgIpc) is 2.21. The van der Waals surface area contributed by atoms with Gasteiger partial charge in [-0.25, -0.2) is 0 Å². The SMILES string of the molecule is Cc1cccc(C(C)C)c1NC(=O)CCS. The van der Waals surface area contributed by atoms with Crippen LogP contribution in [0.4, 0.5) is 5.69 Å². The largest absolute Gasteiger partial charge is 0.326 e. The number of hydrogen-bond donors (Lipinski definition) is 2. The second-order valence-electron chi connectivity index (χ2n) is 4.22. The standard InChI is InChI=1S/C13H19NOS/c1-9(2)11-6-4-5-10(3)13(11)14-12(15)7-8-16/h4-6,9,16H,7-8H2,1-3H3,(H,14,15). The van der Waals surface area contributed by atoms with Gasteiger partial charge in [0, 0.05) is 12.1 Å². The first-order chi connectivity index (χ1) is 7.56. The smallest absolute Gasteiger partial charge is 0.225 e. The van der Waals surface area contributed by atoms with Crippen LogP contribution in [0.1, 0.15) is 37.3 Å². The molecule has 0 bridgehead atoms. The molecule has 0 saturated carbocycles. The van der Waals surface area contributed by atoms with Crippen LogP contribution in [0, 0.1) is 6.92 Å². The van der Waals surface area contributed by atoms with E-state index in [1.807, 2.05) is 19.1 Å². The second-order valence-corrected chi connectivity index (χ2v) is 4.66. The molecule has 0 aliphatic heterocycles. The van der Waals surface area contributed by atoms with E-state index in [9.17, 15) is 4.79 Å². The van der Waals surface area contributed by atoms with Crippen molar-refractivity contribution in [3.63, 3.8) is 0 Å². The molecule has 0 aliphatic carbocycles. The molecule has 0 radical (unpaired) electrons. The van der Waals surface area contributed by atoms with Gasteiger partial charge in [0.05, 0.1) is 0 Å². The van der Waals surface area contributed by atoms with Gasteiger partial charge in [-0.2, -0.15) is 12.6 Å². The van der Waals surface area contributed by atoms with Gasteiger partial charge in [0.25, 0.3) is 0 Å². The first-order valence-electron chi connectivity index (χ1n) is 5.56. The molecule has 1 aromatic carbocycles. The number of nitrogens with one attached hydrogen (secondary N) is 1. The highest BCUT2D eigenvalue weighted by molar-refractivity contribution is 7.80. The fourth-order valence-electron chi connectivity index (χ4n) is 1.65. The summed E-state index contributed by atoms with van der Waals surface area (Å²) in [6.07, 6.45) is 0.453. The minimum Gasteiger partial charge on any atom is -0.326 e. The minimum atomic E-state index is 0.0335. The van der Waals surface area contributed by atoms with Crippen LogP contribution in [0.2, 0.25) is 0 Å². The molecular weight excluding hydrogens is 218 g/mol. The van der Waals surface area contributed by atoms with Crippen molar-refractivity contribution in [3.8, 4) is 0 Å². The summed E-state index contributed by atoms with van der Waals surface area (Å²) in [5.41, 5.74) is 3.26. The van der Waals surface area contributed by atoms with Crippen molar-refractivity contribution in [2.45, 2.75) is 33.1 Å². The Labute approximate surface area is 103 Å². The summed E-state index contributed by atoms with van der Waals surface area (Å²) < 4.78 is 0. The van der Waals surface area contributed by atoms with Crippen molar-refractivity contribution in [2.24, 2.45) is 0 Å². The molecule has 0 aromatic heterocycles. The number of hydrogen-bond acceptors (Lipinski definition) is 2. The first kappa shape index (κ1) is 13.1. The highest BCUT2D eigenvalue weighted by atomic mass is 32.1. The highest BCUT2D eigenvalue weighted by Gasteiger charge is 2.11. The molecule has 1 amide bonds. The van der Waals surface area contributed by atoms with Crippen molar-refractivity contribution in [3.05, 3.63) is 29.3 Å². The van der Waals surface area contributed by atoms with Gasteiger partial charge in [-0.05, 0) is 29.7 Å². The molecule has 0 spiro atoms. The Morgan fingerprint density at radius 2 is 2.12 bits per heavy atom. The minimum absolute atomic E-state index is 0.0335. The number of aryl methyl sites for hydroxylation is 1. The van der Waals surface area contributed by atoms with E-state index in [-0.39, 0.29) is 5.91 Å². The first-order valence-corrected chi connectivity index (χ1v) is 6.19. The molecular formula is C13H19NOS. The third-order valence-electron chi connectivity index (χ3n) is 2.53. The Kier molecular flexibility index (Phi) is 4.87. The molecule has 0 heterocycles. The number of carbonyl (C=O) groups is 1. The third-order valence-corrected chi connectivity index (χ3v) is 2.75. The Bertz CT molecular complexity index is 374. The third kappa shape index (κ3) is 3.27. The van der Waals surface area contributed by atoms with Gasteiger partial charge >= 0.3 is 0 Å². The molecule has 2 nitrogen and oxygen atoms in total. The monoisotopic (exact) mass is 237 g/mol. The zero-order valence-corrected chi connectivity index (χ0v) is 11.0. The lowest BCUT2D eigenvalue weighted by Crippen LogP contribution is -2.14. The van der Waals surface area contributed by atoms with Gasteiger partial charge in [0.15, 0.2) is 0 Å². The molecule has 0 atom stereocenters. The Morgan fingerprint density at radius 1 is 1.44 bits per heavy atom. The number of benzene rings is 1. The van der Waals surface area contributed by atoms with E-state index in [0.717, 1.165) is 11.3 Å². The predicted molar refractivity (Wildman–Crippen MR) is 72.4 cm³/mol. The van der Waals surface area contributed by atoms with E-state index in [1.165, 1.54) is 5.56 Å². The van der Waals surface area contributed by atoms with Crippen LogP contribution in [0.25, 0.3) is 0 Å². The fourth-order valence-corrected chi connectivity index (χ4v) is 1.85. The molecule has 0 aliphatic rings. The zero-order chi connectivity index (χ0) is 12.1. The number of thiol groups is 1. The average molecular weight is 237 g/mol. The Balaban J connectivity index is 2.97. The summed E-state index contributed by atoms with van der Waals surface area (Å²) in [5, 5.41) is 2.97. The lowest BCUT2D eigenvalue weighted by molar-refractivity contribution is -0.115. The van der Waals surface area contributed by atoms with E-state index in [0.29, 0.717) is 18.1 Å². The molecule has 0 unspecified atom stereocenters. The van der Waals surface area contributed by atoms with E-state index in [4.69, 9.17) is 0 Å². The molecule has 3 heteroatoms. The van der Waals surface area contributed by atoms with Gasteiger partial charge < -0.3 is 5.32 Å². The topological polar surface area (TPSA) is 29.1 Å². The lowest BCUT2D eigenvalue weighted by atomic mass is 9.98. The van der Waals surface area contributed by atoms with Crippen LogP contribution >= 0.6 is 12.6 Å². The van der Waals surface area contributed by atoms with Gasteiger partial charge in [-0.15, -0.1) is 0 Å². The summed E-state index contributed by atoms with van der Waals surface area (Å²) in [6.45, 7) is 6.27. The normalized spacial score (nSPS) is 10.6. The van der Waals surface area contributed by atoms with Gasteiger partial charge in [0.1, 0.15) is 0 Å². The van der Waals surface area contributed by atoms with Crippen molar-refractivity contribution in [1.82, 2.24) is 0 Å². The van der Waals surface area contributed by atoms with Crippen molar-refractivity contribution in [2.75, 3.05) is 11.1 Å². The van der Waals surface area contributed by atoms with E-state index < -0.39 is 0 Å². The van der Waals surface area contributed by atoms with E-state index >= 15 is 0 Å². The van der Waals surface area contributed by atoms with Crippen LogP contribution in [0.15, 0.2) is 18.2 Å². The number of carbonyl (C=O) groups excluding carboxylic acids is 1. The van der Waals surface area contributed by atoms with Gasteiger partial charge in [0.2, 0.25) is 5.91 Å². The lowest BCUT2D eigenvalue weighted by Gasteiger charge is -2.16. The summed E-state index contributed by atoms with van der Waals surface area (Å²) in [7, 11) is 0. The van der Waals surface area contributed by atoms with Crippen molar-refractivity contribution in [1.29, 1.82) is 0 Å². The Morgan fingerprint density at radius 3 is 2.69 bits per heavy atom. The number of anilines is 1. The molecule has 1 aromatic rings. The van der Waals surface area contributed by atoms with Crippen molar-refractivity contribution < 1.29 is 4.79 Å². The molecule has 1 rings (SSSR count). The molecule has 0 fully saturated rings. The molecule has 0 saturated heterocycles. The summed E-state index contributed by atoms with van der Waals surface area (Å²) in [6, 6.07) is 6.11. The summed E-state index contributed by atoms with van der Waals surface area (Å²) >= 11 is 4.06. The van der Waals surface area contributed by atoms with Crippen LogP contribution < -0.4 is 5.32 Å². The van der Waals surface area contributed by atoms with Crippen LogP contribution in [-0.4, -0.2) is 11.7 Å². The molecule has 88 valence electrons. The Hall–Kier alpha value is -0.960. The quantitative estimate of drug-likeness (QED) is 0.772. The zero-order valence-electron chi connectivity index (χ0n) is 10.1. The number of amides is 1. The summed E-state index contributed by atoms with van der Waals surface area (Å²) in [5.74, 6) is 1.02. The fraction of sp³-hybridized carbons (Fsp3) is 0.462. The van der Waals surface area contributed by atoms with Crippen LogP contribution in [-0.2, 0) is 4.79 Å². The molecule has 16 heavy (non-hydrogen) atoms. The predicted octanol–water partition coefficient (Wildman–Crippen LogP) is 3.38. The van der Waals surface area contributed by atoms with E-state index in [2.05, 4.69) is 37.9 Å². The number of rotatable bonds is 4. The second kappa shape index (κ2) is 5.94. The summed E-state index contributed by atoms with van der Waals surface area (Å²) in [4.78, 5) is 11.6. The highest BCUT2D eigenvalue weighted by Crippen LogP contribution is 2.27. The van der Waals surface area contributed by atoms with Crippen molar-refractivity contribution >= 4 is 24.2 Å². The maximum atomic E-state index is 11.6. The van der Waals surface area contributed by atoms with Gasteiger partial charge in [-0.3, -0.25) is 4.79 Å². The molecule has 1 N–H and O–H groups in total. The van der Waals surface area contributed by atoms with Crippen LogP contribution in [0.5, 0.6) is 0 Å². The van der Waals surface area contributed by atoms with Crippen LogP contribution in [0.3, 0.4) is 0 Å². The maximum Gasteiger partial charge on any atom is 0.225 e.